The Labute approximate surface area is 181 Å². The molecule has 0 aliphatic carbocycles. The zero-order chi connectivity index (χ0) is 22.0. The smallest absolute Gasteiger partial charge is 0.291 e. The molecule has 1 unspecified atom stereocenters. The van der Waals surface area contributed by atoms with Crippen molar-refractivity contribution in [1.29, 1.82) is 5.53 Å². The maximum atomic E-state index is 14.9. The molecule has 11 heteroatoms. The number of nitrogens with zero attached hydrogens (tertiary/aromatic N) is 4. The molecular weight excluding hydrogens is 430 g/mol. The third kappa shape index (κ3) is 4.29. The van der Waals surface area contributed by atoms with Crippen LogP contribution < -0.4 is 5.32 Å². The Bertz CT molecular complexity index is 1150. The number of alkyl halides is 2. The van der Waals surface area contributed by atoms with E-state index in [9.17, 15) is 8.78 Å². The molecule has 0 amide bonds. The minimum Gasteiger partial charge on any atom is -0.378 e. The average molecular weight is 452 g/mol. The fourth-order valence-electron chi connectivity index (χ4n) is 3.87. The summed E-state index contributed by atoms with van der Waals surface area (Å²) in [7, 11) is 1.51. The highest BCUT2D eigenvalue weighted by molar-refractivity contribution is 6.31. The second-order valence-electron chi connectivity index (χ2n) is 7.31. The molecule has 0 spiro atoms. The molecule has 3 N–H and O–H groups in total. The van der Waals surface area contributed by atoms with E-state index in [0.717, 1.165) is 0 Å². The number of imidazole rings is 1. The predicted molar refractivity (Wildman–Crippen MR) is 110 cm³/mol. The van der Waals surface area contributed by atoms with Gasteiger partial charge in [-0.2, -0.15) is 5.11 Å². The van der Waals surface area contributed by atoms with Gasteiger partial charge in [0.25, 0.3) is 5.92 Å². The minimum atomic E-state index is -3.05. The van der Waals surface area contributed by atoms with E-state index in [2.05, 4.69) is 15.1 Å². The van der Waals surface area contributed by atoms with Crippen LogP contribution in [-0.2, 0) is 16.0 Å². The van der Waals surface area contributed by atoms with Gasteiger partial charge in [0.15, 0.2) is 5.82 Å². The van der Waals surface area contributed by atoms with Gasteiger partial charge in [-0.05, 0) is 24.6 Å². The lowest BCUT2D eigenvalue weighted by atomic mass is 10.0. The van der Waals surface area contributed by atoms with E-state index in [1.165, 1.54) is 7.11 Å². The van der Waals surface area contributed by atoms with Crippen molar-refractivity contribution in [2.24, 2.45) is 5.11 Å². The van der Waals surface area contributed by atoms with Gasteiger partial charge in [0, 0.05) is 24.1 Å². The molecule has 8 nitrogen and oxygen atoms in total. The summed E-state index contributed by atoms with van der Waals surface area (Å²) in [5, 5.41) is 6.30. The van der Waals surface area contributed by atoms with Crippen LogP contribution in [0.1, 0.15) is 18.3 Å². The summed E-state index contributed by atoms with van der Waals surface area (Å²) in [6, 6.07) is 4.10. The first kappa shape index (κ1) is 21.7. The fraction of sp³-hybridized carbons (Fsp3) is 0.400. The number of nitrogens with two attached hydrogens (primary N) is 1. The Morgan fingerprint density at radius 1 is 1.48 bits per heavy atom. The van der Waals surface area contributed by atoms with E-state index < -0.39 is 18.6 Å². The minimum absolute atomic E-state index is 0.155. The highest BCUT2D eigenvalue weighted by Gasteiger charge is 2.45. The fourth-order valence-corrected chi connectivity index (χ4v) is 4.04. The lowest BCUT2D eigenvalue weighted by Crippen LogP contribution is -2.76. The Morgan fingerprint density at radius 2 is 2.32 bits per heavy atom. The first-order valence-electron chi connectivity index (χ1n) is 9.74. The summed E-state index contributed by atoms with van der Waals surface area (Å²) in [4.78, 5) is 9.02. The number of hydrogen-bond donors (Lipinski definition) is 2. The summed E-state index contributed by atoms with van der Waals surface area (Å²) in [6.07, 6.45) is 3.38. The van der Waals surface area contributed by atoms with Crippen LogP contribution in [-0.4, -0.2) is 47.4 Å². The summed E-state index contributed by atoms with van der Waals surface area (Å²) in [5.41, 5.74) is 9.37. The number of pyridine rings is 1. The van der Waals surface area contributed by atoms with Gasteiger partial charge in [-0.1, -0.05) is 11.6 Å². The maximum Gasteiger partial charge on any atom is 0.291 e. The Hall–Kier alpha value is -2.53. The molecule has 4 rings (SSSR count). The Kier molecular flexibility index (Phi) is 6.24. The van der Waals surface area contributed by atoms with Crippen molar-refractivity contribution in [2.45, 2.75) is 24.9 Å². The number of methoxy groups -OCH3 is 1. The van der Waals surface area contributed by atoms with Gasteiger partial charge in [0.1, 0.15) is 36.6 Å². The highest BCUT2D eigenvalue weighted by atomic mass is 35.5. The second kappa shape index (κ2) is 8.91. The molecule has 164 valence electrons. The van der Waals surface area contributed by atoms with Gasteiger partial charge in [-0.15, -0.1) is 0 Å². The van der Waals surface area contributed by atoms with Crippen LogP contribution in [0.5, 0.6) is 0 Å². The van der Waals surface area contributed by atoms with Crippen LogP contribution in [0.4, 0.5) is 8.78 Å². The van der Waals surface area contributed by atoms with E-state index in [1.807, 2.05) is 0 Å². The van der Waals surface area contributed by atoms with E-state index in [1.54, 1.807) is 40.5 Å². The Balaban J connectivity index is 1.86. The predicted octanol–water partition coefficient (Wildman–Crippen LogP) is 3.42. The van der Waals surface area contributed by atoms with Crippen molar-refractivity contribution >= 4 is 33.5 Å². The zero-order valence-corrected chi connectivity index (χ0v) is 17.6. The molecule has 0 radical (unpaired) electrons. The normalized spacial score (nSPS) is 19.2. The SMILES string of the molecule is COC/C(=C/[NH2+]Cc1nc2cnc3ccc(Cl)cc3c2n1C1CCOCC1(F)F)N=N. The number of benzene rings is 1. The number of hydrogen-bond acceptors (Lipinski definition) is 6. The number of nitrogens with one attached hydrogen (secondary N) is 1. The first-order valence-corrected chi connectivity index (χ1v) is 10.1. The van der Waals surface area contributed by atoms with Crippen molar-refractivity contribution < 1.29 is 23.6 Å². The zero-order valence-electron chi connectivity index (χ0n) is 16.8. The summed E-state index contributed by atoms with van der Waals surface area (Å²) >= 11 is 6.20. The summed E-state index contributed by atoms with van der Waals surface area (Å²) in [6.45, 7) is 0.0523. The van der Waals surface area contributed by atoms with Crippen LogP contribution in [0.25, 0.3) is 21.9 Å². The molecular formula is C20H22ClF2N6O2+. The lowest BCUT2D eigenvalue weighted by molar-refractivity contribution is -0.607. The summed E-state index contributed by atoms with van der Waals surface area (Å²) < 4.78 is 41.5. The number of fused-ring (bicyclic) bond motifs is 3. The second-order valence-corrected chi connectivity index (χ2v) is 7.75. The van der Waals surface area contributed by atoms with Gasteiger partial charge in [0.05, 0.1) is 23.8 Å². The monoisotopic (exact) mass is 451 g/mol. The molecule has 0 bridgehead atoms. The van der Waals surface area contributed by atoms with Gasteiger partial charge >= 0.3 is 0 Å². The van der Waals surface area contributed by atoms with Crippen LogP contribution in [0.2, 0.25) is 5.02 Å². The van der Waals surface area contributed by atoms with E-state index in [0.29, 0.717) is 38.5 Å². The number of rotatable bonds is 7. The van der Waals surface area contributed by atoms with Crippen LogP contribution in [0, 0.1) is 5.53 Å². The van der Waals surface area contributed by atoms with Crippen molar-refractivity contribution in [3.63, 3.8) is 0 Å². The highest BCUT2D eigenvalue weighted by Crippen LogP contribution is 2.40. The molecule has 2 aromatic heterocycles. The quantitative estimate of drug-likeness (QED) is 0.537. The number of ether oxygens (including phenoxy) is 2. The molecule has 1 aromatic carbocycles. The lowest BCUT2D eigenvalue weighted by Gasteiger charge is -2.33. The Morgan fingerprint density at radius 3 is 3.06 bits per heavy atom. The number of aromatic nitrogens is 3. The van der Waals surface area contributed by atoms with Crippen LogP contribution in [0.15, 0.2) is 41.4 Å². The molecule has 3 heterocycles. The van der Waals surface area contributed by atoms with Gasteiger partial charge in [-0.25, -0.2) is 19.3 Å². The summed E-state index contributed by atoms with van der Waals surface area (Å²) in [5.74, 6) is -2.59. The number of quaternary nitrogens is 1. The topological polar surface area (TPSA) is 102 Å². The molecule has 1 aliphatic heterocycles. The van der Waals surface area contributed by atoms with Crippen molar-refractivity contribution in [1.82, 2.24) is 14.5 Å². The molecule has 0 saturated carbocycles. The van der Waals surface area contributed by atoms with E-state index >= 15 is 0 Å². The van der Waals surface area contributed by atoms with E-state index in [4.69, 9.17) is 26.6 Å². The van der Waals surface area contributed by atoms with Crippen molar-refractivity contribution in [3.05, 3.63) is 47.1 Å². The molecule has 1 atom stereocenters. The van der Waals surface area contributed by atoms with Gasteiger partial charge in [0.2, 0.25) is 0 Å². The van der Waals surface area contributed by atoms with Crippen LogP contribution in [0.3, 0.4) is 0 Å². The largest absolute Gasteiger partial charge is 0.378 e. The standard InChI is InChI=1S/C20H21ClF2N6O2/c1-30-10-13(28-24)7-25-9-18-27-16-8-26-15-3-2-12(21)6-14(15)19(16)29(18)17-4-5-31-11-20(17,22)23/h2-3,6-8,17,24-25H,4-5,9-11H2,1H3/p+1/b13-7-,28-24?. The van der Waals surface area contributed by atoms with E-state index in [-0.39, 0.29) is 26.2 Å². The molecule has 3 aromatic rings. The first-order chi connectivity index (χ1) is 14.9. The third-order valence-electron chi connectivity index (χ3n) is 5.23. The number of halogens is 3. The molecule has 31 heavy (non-hydrogen) atoms. The molecule has 1 aliphatic rings. The maximum absolute atomic E-state index is 14.9. The van der Waals surface area contributed by atoms with Crippen LogP contribution >= 0.6 is 11.6 Å². The van der Waals surface area contributed by atoms with Crippen molar-refractivity contribution in [2.75, 3.05) is 26.9 Å². The third-order valence-corrected chi connectivity index (χ3v) is 5.46. The average Bonchev–Trinajstić information content (AvgIpc) is 3.11. The molecule has 1 fully saturated rings. The van der Waals surface area contributed by atoms with Crippen molar-refractivity contribution in [3.8, 4) is 0 Å². The molecule has 1 saturated heterocycles. The van der Waals surface area contributed by atoms with Gasteiger partial charge in [-0.3, -0.25) is 4.98 Å². The van der Waals surface area contributed by atoms with Gasteiger partial charge < -0.3 is 19.4 Å².